The van der Waals surface area contributed by atoms with Crippen LogP contribution in [0.3, 0.4) is 0 Å². The molecule has 8 nitrogen and oxygen atoms in total. The molecule has 42 heavy (non-hydrogen) atoms. The normalized spacial score (nSPS) is 19.3. The molecule has 1 aromatic heterocycles. The lowest BCUT2D eigenvalue weighted by Gasteiger charge is -2.24. The molecular formula is C32H29FN2O6S. The van der Waals surface area contributed by atoms with Crippen LogP contribution in [0.5, 0.6) is 17.2 Å². The highest BCUT2D eigenvalue weighted by molar-refractivity contribution is 7.22. The van der Waals surface area contributed by atoms with Crippen LogP contribution >= 0.6 is 11.3 Å². The highest BCUT2D eigenvalue weighted by Crippen LogP contribution is 2.46. The van der Waals surface area contributed by atoms with Crippen LogP contribution in [0.1, 0.15) is 49.9 Å². The number of hydrogen-bond acceptors (Lipinski definition) is 8. The van der Waals surface area contributed by atoms with E-state index in [4.69, 9.17) is 14.2 Å². The minimum Gasteiger partial charge on any atom is -0.507 e. The Labute approximate surface area is 246 Å². The number of anilines is 1. The lowest BCUT2D eigenvalue weighted by Crippen LogP contribution is -2.29. The van der Waals surface area contributed by atoms with E-state index in [1.807, 2.05) is 20.8 Å². The van der Waals surface area contributed by atoms with Crippen molar-refractivity contribution in [1.29, 1.82) is 0 Å². The van der Waals surface area contributed by atoms with Crippen LogP contribution in [-0.4, -0.2) is 41.1 Å². The molecule has 1 fully saturated rings. The van der Waals surface area contributed by atoms with Gasteiger partial charge in [-0.25, -0.2) is 9.37 Å². The molecule has 0 saturated carbocycles. The number of Topliss-reactive ketones (excluding diaryl/α,β-unsaturated/α-hetero) is 1. The Morgan fingerprint density at radius 1 is 1.10 bits per heavy atom. The van der Waals surface area contributed by atoms with Crippen molar-refractivity contribution in [1.82, 2.24) is 4.98 Å². The average molecular weight is 589 g/mol. The predicted molar refractivity (Wildman–Crippen MR) is 158 cm³/mol. The summed E-state index contributed by atoms with van der Waals surface area (Å²) in [6.07, 6.45) is 1.46. The fourth-order valence-corrected chi connectivity index (χ4v) is 6.37. The van der Waals surface area contributed by atoms with Gasteiger partial charge >= 0.3 is 5.91 Å². The molecule has 3 aromatic carbocycles. The van der Waals surface area contributed by atoms with E-state index in [0.29, 0.717) is 52.5 Å². The first-order chi connectivity index (χ1) is 20.3. The molecule has 2 aliphatic rings. The number of amides is 1. The first-order valence-corrected chi connectivity index (χ1v) is 14.7. The quantitative estimate of drug-likeness (QED) is 0.141. The summed E-state index contributed by atoms with van der Waals surface area (Å²) >= 11 is 1.09. The molecule has 1 amide bonds. The number of ketones is 1. The summed E-state index contributed by atoms with van der Waals surface area (Å²) in [5.41, 5.74) is 2.23. The number of rotatable bonds is 8. The summed E-state index contributed by atoms with van der Waals surface area (Å²) in [5, 5.41) is 11.8. The van der Waals surface area contributed by atoms with E-state index in [9.17, 15) is 19.1 Å². The number of thiazole rings is 1. The van der Waals surface area contributed by atoms with E-state index in [0.717, 1.165) is 29.1 Å². The second kappa shape index (κ2) is 11.1. The van der Waals surface area contributed by atoms with E-state index >= 15 is 0 Å². The van der Waals surface area contributed by atoms with Crippen LogP contribution in [0.15, 0.2) is 60.2 Å². The summed E-state index contributed by atoms with van der Waals surface area (Å²) < 4.78 is 32.0. The van der Waals surface area contributed by atoms with Crippen molar-refractivity contribution in [3.05, 3.63) is 82.7 Å². The lowest BCUT2D eigenvalue weighted by molar-refractivity contribution is -0.132. The number of carbonyl (C=O) groups is 2. The van der Waals surface area contributed by atoms with E-state index in [2.05, 4.69) is 4.98 Å². The molecule has 2 aliphatic heterocycles. The van der Waals surface area contributed by atoms with Crippen LogP contribution < -0.4 is 19.1 Å². The number of aromatic nitrogens is 1. The number of benzene rings is 3. The van der Waals surface area contributed by atoms with Crippen molar-refractivity contribution < 1.29 is 33.3 Å². The Morgan fingerprint density at radius 3 is 2.71 bits per heavy atom. The maximum Gasteiger partial charge on any atom is 0.301 e. The van der Waals surface area contributed by atoms with E-state index in [-0.39, 0.29) is 22.6 Å². The molecule has 4 aromatic rings. The average Bonchev–Trinajstić information content (AvgIpc) is 3.63. The number of carbonyl (C=O) groups excluding carboxylic acids is 2. The Bertz CT molecular complexity index is 1750. The maximum absolute atomic E-state index is 14.0. The van der Waals surface area contributed by atoms with Gasteiger partial charge in [0, 0.05) is 12.0 Å². The van der Waals surface area contributed by atoms with E-state index in [1.165, 1.54) is 23.1 Å². The van der Waals surface area contributed by atoms with Crippen molar-refractivity contribution in [2.45, 2.75) is 45.8 Å². The van der Waals surface area contributed by atoms with Crippen molar-refractivity contribution in [3.63, 3.8) is 0 Å². The molecule has 216 valence electrons. The molecule has 0 bridgehead atoms. The highest BCUT2D eigenvalue weighted by Gasteiger charge is 2.48. The van der Waals surface area contributed by atoms with Gasteiger partial charge in [0.25, 0.3) is 5.78 Å². The largest absolute Gasteiger partial charge is 0.507 e. The summed E-state index contributed by atoms with van der Waals surface area (Å²) in [5.74, 6) is -0.732. The molecular weight excluding hydrogens is 559 g/mol. The van der Waals surface area contributed by atoms with Crippen molar-refractivity contribution in [2.24, 2.45) is 0 Å². The van der Waals surface area contributed by atoms with Crippen molar-refractivity contribution in [2.75, 3.05) is 18.1 Å². The van der Waals surface area contributed by atoms with Crippen LogP contribution in [0.2, 0.25) is 0 Å². The number of fused-ring (bicyclic) bond motifs is 2. The van der Waals surface area contributed by atoms with E-state index < -0.39 is 23.5 Å². The number of halogens is 1. The Morgan fingerprint density at radius 2 is 1.93 bits per heavy atom. The van der Waals surface area contributed by atoms with Gasteiger partial charge in [-0.1, -0.05) is 24.3 Å². The monoisotopic (exact) mass is 588 g/mol. The number of aliphatic hydroxyl groups is 1. The molecule has 0 aliphatic carbocycles. The fraction of sp³-hybridized carbons (Fsp3) is 0.281. The zero-order valence-electron chi connectivity index (χ0n) is 23.3. The molecule has 0 unspecified atom stereocenters. The number of aliphatic hydroxyl groups excluding tert-OH is 1. The first kappa shape index (κ1) is 27.7. The topological polar surface area (TPSA) is 98.2 Å². The van der Waals surface area contributed by atoms with Gasteiger partial charge in [-0.05, 0) is 79.9 Å². The van der Waals surface area contributed by atoms with Crippen LogP contribution in [0.4, 0.5) is 9.52 Å². The molecule has 6 rings (SSSR count). The van der Waals surface area contributed by atoms with Gasteiger partial charge in [0.1, 0.15) is 23.4 Å². The van der Waals surface area contributed by atoms with Crippen molar-refractivity contribution >= 4 is 44.1 Å². The minimum atomic E-state index is -1.03. The zero-order valence-corrected chi connectivity index (χ0v) is 24.2. The van der Waals surface area contributed by atoms with Gasteiger partial charge in [-0.2, -0.15) is 0 Å². The second-order valence-electron chi connectivity index (χ2n) is 10.2. The predicted octanol–water partition coefficient (Wildman–Crippen LogP) is 6.57. The Balaban J connectivity index is 1.53. The zero-order chi connectivity index (χ0) is 29.5. The minimum absolute atomic E-state index is 0.00252. The third kappa shape index (κ3) is 4.85. The van der Waals surface area contributed by atoms with Gasteiger partial charge in [-0.3, -0.25) is 14.5 Å². The SMILES string of the molecule is CCCOc1ccc([C@@H]2C(=C(O)c3ccc4c(c3)C[C@@H](C)O4)C(=O)C(=O)N2c2nc3ccc(F)cc3s2)cc1OCC. The Hall–Kier alpha value is -4.44. The first-order valence-electron chi connectivity index (χ1n) is 13.9. The third-order valence-corrected chi connectivity index (χ3v) is 8.22. The second-order valence-corrected chi connectivity index (χ2v) is 11.2. The standard InChI is InChI=1S/C32H29FN2O6S/c1-4-12-40-24-11-6-18(15-25(24)39-5-2)28-27(29(36)19-7-10-23-20(14-19)13-17(3)41-23)30(37)31(38)35(28)32-34-22-9-8-21(33)16-26(22)42-32/h6-11,14-17,28,36H,4-5,12-13H2,1-3H3/t17-,28-/m1/s1. The fourth-order valence-electron chi connectivity index (χ4n) is 5.35. The molecule has 0 radical (unpaired) electrons. The van der Waals surface area contributed by atoms with Crippen LogP contribution in [-0.2, 0) is 16.0 Å². The van der Waals surface area contributed by atoms with Crippen LogP contribution in [0, 0.1) is 5.82 Å². The smallest absolute Gasteiger partial charge is 0.301 e. The van der Waals surface area contributed by atoms with E-state index in [1.54, 1.807) is 36.4 Å². The number of hydrogen-bond donors (Lipinski definition) is 1. The lowest BCUT2D eigenvalue weighted by atomic mass is 9.94. The highest BCUT2D eigenvalue weighted by atomic mass is 32.1. The summed E-state index contributed by atoms with van der Waals surface area (Å²) in [4.78, 5) is 33.2. The molecule has 0 spiro atoms. The van der Waals surface area contributed by atoms with Gasteiger partial charge in [-0.15, -0.1) is 0 Å². The Kier molecular flexibility index (Phi) is 7.32. The summed E-state index contributed by atoms with van der Waals surface area (Å²) in [6.45, 7) is 6.66. The van der Waals surface area contributed by atoms with Gasteiger partial charge < -0.3 is 19.3 Å². The van der Waals surface area contributed by atoms with Gasteiger partial charge in [0.15, 0.2) is 16.6 Å². The van der Waals surface area contributed by atoms with Crippen molar-refractivity contribution in [3.8, 4) is 17.2 Å². The van der Waals surface area contributed by atoms with Gasteiger partial charge in [0.05, 0.1) is 35.0 Å². The summed E-state index contributed by atoms with van der Waals surface area (Å²) in [7, 11) is 0. The number of ether oxygens (including phenoxy) is 3. The summed E-state index contributed by atoms with van der Waals surface area (Å²) in [6, 6.07) is 13.5. The third-order valence-electron chi connectivity index (χ3n) is 7.20. The molecule has 1 N–H and O–H groups in total. The van der Waals surface area contributed by atoms with Gasteiger partial charge in [0.2, 0.25) is 0 Å². The molecule has 1 saturated heterocycles. The maximum atomic E-state index is 14.0. The molecule has 10 heteroatoms. The number of nitrogens with zero attached hydrogens (tertiary/aromatic N) is 2. The molecule has 3 heterocycles. The molecule has 2 atom stereocenters. The van der Waals surface area contributed by atoms with Crippen LogP contribution in [0.25, 0.3) is 16.0 Å².